The number of furan rings is 1. The summed E-state index contributed by atoms with van der Waals surface area (Å²) < 4.78 is 13.5. The van der Waals surface area contributed by atoms with Crippen molar-refractivity contribution >= 4 is 23.3 Å². The number of fused-ring (bicyclic) bond motifs is 1. The van der Waals surface area contributed by atoms with Crippen molar-refractivity contribution in [2.75, 3.05) is 11.9 Å². The molecular formula is C44H37N6O3+. The standard InChI is InChI=1S/C44H36N6O3/c51-43(46-39-24-15-29-52-39)50(40-25-13-14-28-53-40)38-27-26-33(30-37(38)41(48-50)32-16-5-1-6-17-32)42-45-31-49(47-42)44(34-18-7-2-8-19-34,35-20-9-3-10-21-35)36-22-11-4-12-23-36/h1-12,15-24,26-27,29-31,40H,13-14,25,28H2/p+1. The van der Waals surface area contributed by atoms with E-state index in [9.17, 15) is 4.79 Å². The van der Waals surface area contributed by atoms with Gasteiger partial charge in [0.15, 0.2) is 11.5 Å². The quantitative estimate of drug-likeness (QED) is 0.126. The largest absolute Gasteiger partial charge is 0.457 e. The first-order valence-electron chi connectivity index (χ1n) is 17.9. The molecular weight excluding hydrogens is 661 g/mol. The molecule has 4 heterocycles. The van der Waals surface area contributed by atoms with Gasteiger partial charge >= 0.3 is 6.03 Å². The third-order valence-electron chi connectivity index (χ3n) is 10.2. The van der Waals surface area contributed by atoms with Crippen LogP contribution in [0.5, 0.6) is 0 Å². The van der Waals surface area contributed by atoms with Crippen LogP contribution in [-0.2, 0) is 10.3 Å². The Morgan fingerprint density at radius 2 is 1.38 bits per heavy atom. The molecule has 2 aliphatic heterocycles. The number of carbonyl (C=O) groups excluding carboxylic acids is 1. The Bertz CT molecular complexity index is 2280. The highest BCUT2D eigenvalue weighted by Gasteiger charge is 2.55. The minimum atomic E-state index is -0.809. The van der Waals surface area contributed by atoms with Crippen molar-refractivity contribution in [2.24, 2.45) is 5.10 Å². The smallest absolute Gasteiger partial charge is 0.448 e. The maximum atomic E-state index is 14.5. The average Bonchev–Trinajstić information content (AvgIpc) is 4.01. The molecule has 0 spiro atoms. The summed E-state index contributed by atoms with van der Waals surface area (Å²) in [6, 6.07) is 50.3. The first kappa shape index (κ1) is 32.5. The first-order valence-corrected chi connectivity index (χ1v) is 17.9. The molecule has 0 bridgehead atoms. The predicted molar refractivity (Wildman–Crippen MR) is 205 cm³/mol. The number of hydrogen-bond acceptors (Lipinski definition) is 6. The molecule has 1 N–H and O–H groups in total. The van der Waals surface area contributed by atoms with Gasteiger partial charge in [-0.15, -0.1) is 5.10 Å². The Morgan fingerprint density at radius 1 is 0.736 bits per heavy atom. The summed E-state index contributed by atoms with van der Waals surface area (Å²) in [5.74, 6) is 0.893. The van der Waals surface area contributed by atoms with E-state index in [1.54, 1.807) is 12.1 Å². The van der Waals surface area contributed by atoms with E-state index in [1.165, 1.54) is 6.26 Å². The van der Waals surface area contributed by atoms with Crippen LogP contribution in [0.1, 0.15) is 47.1 Å². The van der Waals surface area contributed by atoms with E-state index in [2.05, 4.69) is 84.2 Å². The molecule has 260 valence electrons. The number of nitrogens with one attached hydrogen (secondary N) is 1. The summed E-state index contributed by atoms with van der Waals surface area (Å²) in [6.45, 7) is 0.551. The zero-order valence-electron chi connectivity index (χ0n) is 29.0. The van der Waals surface area contributed by atoms with E-state index < -0.39 is 11.8 Å². The fourth-order valence-electron chi connectivity index (χ4n) is 7.79. The molecule has 5 aromatic carbocycles. The summed E-state index contributed by atoms with van der Waals surface area (Å²) in [4.78, 5) is 19.5. The highest BCUT2D eigenvalue weighted by atomic mass is 16.5. The molecule has 2 aromatic heterocycles. The number of aromatic nitrogens is 3. The molecule has 2 atom stereocenters. The van der Waals surface area contributed by atoms with Crippen molar-refractivity contribution in [2.45, 2.75) is 31.0 Å². The average molecular weight is 698 g/mol. The predicted octanol–water partition coefficient (Wildman–Crippen LogP) is 9.21. The molecule has 2 aliphatic rings. The summed E-state index contributed by atoms with van der Waals surface area (Å²) in [6.07, 6.45) is 5.36. The zero-order chi connectivity index (χ0) is 35.7. The van der Waals surface area contributed by atoms with Gasteiger partial charge in [0.1, 0.15) is 17.6 Å². The molecule has 53 heavy (non-hydrogen) atoms. The number of hydrogen-bond donors (Lipinski definition) is 1. The molecule has 9 heteroatoms. The highest BCUT2D eigenvalue weighted by molar-refractivity contribution is 6.21. The summed E-state index contributed by atoms with van der Waals surface area (Å²) in [5, 5.41) is 13.5. The third kappa shape index (κ3) is 5.49. The Hall–Kier alpha value is -6.42. The number of anilines is 1. The van der Waals surface area contributed by atoms with Gasteiger partial charge in [-0.05, 0) is 47.7 Å². The van der Waals surface area contributed by atoms with Crippen molar-refractivity contribution in [1.82, 2.24) is 19.4 Å². The van der Waals surface area contributed by atoms with Crippen LogP contribution in [0, 0.1) is 0 Å². The van der Waals surface area contributed by atoms with E-state index in [1.807, 2.05) is 71.7 Å². The number of quaternary nitrogens is 1. The van der Waals surface area contributed by atoms with Crippen LogP contribution in [0.25, 0.3) is 11.4 Å². The van der Waals surface area contributed by atoms with Crippen LogP contribution in [0.15, 0.2) is 174 Å². The maximum Gasteiger partial charge on any atom is 0.457 e. The number of nitrogens with zero attached hydrogens (tertiary/aromatic N) is 5. The molecule has 2 unspecified atom stereocenters. The van der Waals surface area contributed by atoms with Gasteiger partial charge in [0.25, 0.3) is 0 Å². The molecule has 7 aromatic rings. The van der Waals surface area contributed by atoms with Gasteiger partial charge in [-0.3, -0.25) is 0 Å². The molecule has 0 radical (unpaired) electrons. The lowest BCUT2D eigenvalue weighted by Crippen LogP contribution is -2.59. The van der Waals surface area contributed by atoms with Gasteiger partial charge in [0.2, 0.25) is 12.1 Å². The number of amides is 2. The van der Waals surface area contributed by atoms with Crippen LogP contribution in [0.3, 0.4) is 0 Å². The van der Waals surface area contributed by atoms with Gasteiger partial charge in [0.05, 0.1) is 18.4 Å². The lowest BCUT2D eigenvalue weighted by atomic mass is 9.77. The second-order valence-corrected chi connectivity index (χ2v) is 13.3. The number of carbonyl (C=O) groups is 1. The van der Waals surface area contributed by atoms with Crippen molar-refractivity contribution in [3.63, 3.8) is 0 Å². The van der Waals surface area contributed by atoms with Gasteiger partial charge < -0.3 is 9.15 Å². The lowest BCUT2D eigenvalue weighted by Gasteiger charge is -2.35. The topological polar surface area (TPSA) is 94.5 Å². The van der Waals surface area contributed by atoms with Gasteiger partial charge in [0, 0.05) is 29.7 Å². The van der Waals surface area contributed by atoms with Gasteiger partial charge in [-0.2, -0.15) is 0 Å². The van der Waals surface area contributed by atoms with Crippen molar-refractivity contribution < 1.29 is 13.9 Å². The van der Waals surface area contributed by atoms with Crippen LogP contribution in [0.2, 0.25) is 0 Å². The fourth-order valence-corrected chi connectivity index (χ4v) is 7.79. The SMILES string of the molecule is O=C(Nc1ccco1)[N+]1(C2CCCCO2)N=C(c2ccccc2)c2cc(-c3ncn(C(c4ccccc4)(c4ccccc4)c4ccccc4)n3)ccc21. The minimum absolute atomic E-state index is 0.346. The van der Waals surface area contributed by atoms with E-state index in [4.69, 9.17) is 24.3 Å². The Kier molecular flexibility index (Phi) is 8.34. The van der Waals surface area contributed by atoms with Crippen LogP contribution >= 0.6 is 0 Å². The second kappa shape index (κ2) is 13.6. The minimum Gasteiger partial charge on any atom is -0.448 e. The van der Waals surface area contributed by atoms with Crippen LogP contribution in [0.4, 0.5) is 16.4 Å². The van der Waals surface area contributed by atoms with E-state index in [-0.39, 0.29) is 10.6 Å². The molecule has 1 fully saturated rings. The van der Waals surface area contributed by atoms with Crippen LogP contribution in [-0.4, -0.2) is 39.3 Å². The molecule has 1 saturated heterocycles. The lowest BCUT2D eigenvalue weighted by molar-refractivity contribution is -0.0582. The number of benzene rings is 5. The molecule has 2 amide bonds. The van der Waals surface area contributed by atoms with E-state index in [0.29, 0.717) is 30.4 Å². The van der Waals surface area contributed by atoms with Crippen molar-refractivity contribution in [3.8, 4) is 11.4 Å². The number of ether oxygens (including phenoxy) is 1. The Morgan fingerprint density at radius 3 is 1.96 bits per heavy atom. The van der Waals surface area contributed by atoms with Crippen molar-refractivity contribution in [3.05, 3.63) is 192 Å². The maximum absolute atomic E-state index is 14.5. The van der Waals surface area contributed by atoms with E-state index >= 15 is 0 Å². The van der Waals surface area contributed by atoms with Crippen LogP contribution < -0.4 is 9.91 Å². The van der Waals surface area contributed by atoms with Gasteiger partial charge in [-0.1, -0.05) is 131 Å². The number of rotatable bonds is 8. The molecule has 0 saturated carbocycles. The fraction of sp³-hybridized carbons (Fsp3) is 0.136. The summed E-state index contributed by atoms with van der Waals surface area (Å²) in [7, 11) is 0. The molecule has 0 aliphatic carbocycles. The Balaban J connectivity index is 1.22. The third-order valence-corrected chi connectivity index (χ3v) is 10.2. The molecule has 9 rings (SSSR count). The normalized spacial score (nSPS) is 18.3. The molecule has 9 nitrogen and oxygen atoms in total. The monoisotopic (exact) mass is 697 g/mol. The number of urea groups is 1. The van der Waals surface area contributed by atoms with Gasteiger partial charge in [-0.25, -0.2) is 19.8 Å². The zero-order valence-corrected chi connectivity index (χ0v) is 29.0. The second-order valence-electron chi connectivity index (χ2n) is 13.3. The van der Waals surface area contributed by atoms with Crippen molar-refractivity contribution in [1.29, 1.82) is 0 Å². The van der Waals surface area contributed by atoms with E-state index in [0.717, 1.165) is 51.9 Å². The first-order chi connectivity index (χ1) is 26.2. The summed E-state index contributed by atoms with van der Waals surface area (Å²) in [5.41, 5.74) is 6.27. The highest BCUT2D eigenvalue weighted by Crippen LogP contribution is 2.45. The Labute approximate surface area is 307 Å². The summed E-state index contributed by atoms with van der Waals surface area (Å²) >= 11 is 0.